The Labute approximate surface area is 79.4 Å². The highest BCUT2D eigenvalue weighted by molar-refractivity contribution is 5.02. The third-order valence-electron chi connectivity index (χ3n) is 2.08. The summed E-state index contributed by atoms with van der Waals surface area (Å²) in [7, 11) is 0. The maximum absolute atomic E-state index is 5.89. The molecule has 1 aromatic rings. The minimum atomic E-state index is 0.324. The van der Waals surface area contributed by atoms with Crippen LogP contribution in [0.5, 0.6) is 0 Å². The molecule has 3 nitrogen and oxygen atoms in total. The van der Waals surface area contributed by atoms with Gasteiger partial charge >= 0.3 is 0 Å². The molecule has 0 radical (unpaired) electrons. The third kappa shape index (κ3) is 3.99. The van der Waals surface area contributed by atoms with Crippen LogP contribution in [0.15, 0.2) is 18.7 Å². The Hall–Kier alpha value is -0.960. The molecule has 0 aliphatic heterocycles. The van der Waals surface area contributed by atoms with Gasteiger partial charge in [0, 0.05) is 18.4 Å². The van der Waals surface area contributed by atoms with Gasteiger partial charge in [-0.3, -0.25) is 0 Å². The zero-order valence-corrected chi connectivity index (χ0v) is 8.11. The van der Waals surface area contributed by atoms with Crippen molar-refractivity contribution in [1.29, 1.82) is 0 Å². The quantitative estimate of drug-likeness (QED) is 0.746. The van der Waals surface area contributed by atoms with Crippen molar-refractivity contribution >= 4 is 0 Å². The lowest BCUT2D eigenvalue weighted by atomic mass is 10.0. The first kappa shape index (κ1) is 10.1. The van der Waals surface area contributed by atoms with Gasteiger partial charge in [0.1, 0.15) is 6.33 Å². The summed E-state index contributed by atoms with van der Waals surface area (Å²) in [5.74, 6) is 0. The molecule has 0 saturated heterocycles. The summed E-state index contributed by atoms with van der Waals surface area (Å²) < 4.78 is 0. The molecule has 0 aliphatic carbocycles. The monoisotopic (exact) mass is 179 g/mol. The summed E-state index contributed by atoms with van der Waals surface area (Å²) in [6.07, 6.45) is 9.54. The number of nitrogens with two attached hydrogens (primary N) is 1. The van der Waals surface area contributed by atoms with Gasteiger partial charge in [0.2, 0.25) is 0 Å². The molecule has 1 rings (SSSR count). The molecule has 0 aliphatic rings. The first-order chi connectivity index (χ1) is 6.33. The zero-order chi connectivity index (χ0) is 9.52. The van der Waals surface area contributed by atoms with Crippen LogP contribution in [0.2, 0.25) is 0 Å². The number of aromatic nitrogens is 2. The van der Waals surface area contributed by atoms with Crippen LogP contribution in [-0.2, 0) is 6.42 Å². The van der Waals surface area contributed by atoms with Crippen LogP contribution in [0.3, 0.4) is 0 Å². The molecular weight excluding hydrogens is 162 g/mol. The fourth-order valence-corrected chi connectivity index (χ4v) is 1.33. The minimum Gasteiger partial charge on any atom is -0.328 e. The van der Waals surface area contributed by atoms with Crippen LogP contribution < -0.4 is 5.73 Å². The van der Waals surface area contributed by atoms with Gasteiger partial charge in [0.05, 0.1) is 0 Å². The van der Waals surface area contributed by atoms with E-state index >= 15 is 0 Å². The zero-order valence-electron chi connectivity index (χ0n) is 8.11. The van der Waals surface area contributed by atoms with Crippen molar-refractivity contribution in [3.63, 3.8) is 0 Å². The standard InChI is InChI=1S/C10H17N3/c1-2-3-10(11)5-4-9-6-12-8-13-7-9/h6-8,10H,2-5,11H2,1H3. The number of hydrogen-bond donors (Lipinski definition) is 1. The summed E-state index contributed by atoms with van der Waals surface area (Å²) in [6, 6.07) is 0.324. The molecule has 1 heterocycles. The average molecular weight is 179 g/mol. The Kier molecular flexibility index (Phi) is 4.40. The van der Waals surface area contributed by atoms with E-state index in [0.29, 0.717) is 6.04 Å². The number of aryl methyl sites for hydroxylation is 1. The van der Waals surface area contributed by atoms with Crippen LogP contribution in [-0.4, -0.2) is 16.0 Å². The Morgan fingerprint density at radius 1 is 1.31 bits per heavy atom. The van der Waals surface area contributed by atoms with Crippen LogP contribution in [0.1, 0.15) is 31.7 Å². The lowest BCUT2D eigenvalue weighted by Crippen LogP contribution is -2.20. The average Bonchev–Trinajstić information content (AvgIpc) is 2.17. The SMILES string of the molecule is CCCC(N)CCc1cncnc1. The van der Waals surface area contributed by atoms with E-state index in [0.717, 1.165) is 25.7 Å². The fourth-order valence-electron chi connectivity index (χ4n) is 1.33. The molecule has 72 valence electrons. The van der Waals surface area contributed by atoms with E-state index in [1.54, 1.807) is 6.33 Å². The predicted octanol–water partition coefficient (Wildman–Crippen LogP) is 1.54. The Morgan fingerprint density at radius 2 is 2.00 bits per heavy atom. The molecule has 3 heteroatoms. The second kappa shape index (κ2) is 5.65. The van der Waals surface area contributed by atoms with Gasteiger partial charge in [-0.2, -0.15) is 0 Å². The maximum Gasteiger partial charge on any atom is 0.115 e. The Bertz CT molecular complexity index is 223. The summed E-state index contributed by atoms with van der Waals surface area (Å²) in [5.41, 5.74) is 7.07. The fraction of sp³-hybridized carbons (Fsp3) is 0.600. The van der Waals surface area contributed by atoms with E-state index in [1.807, 2.05) is 12.4 Å². The van der Waals surface area contributed by atoms with Crippen molar-refractivity contribution < 1.29 is 0 Å². The van der Waals surface area contributed by atoms with Crippen LogP contribution in [0.4, 0.5) is 0 Å². The molecule has 0 aromatic carbocycles. The van der Waals surface area contributed by atoms with Crippen molar-refractivity contribution in [3.8, 4) is 0 Å². The molecular formula is C10H17N3. The molecule has 0 bridgehead atoms. The van der Waals surface area contributed by atoms with Crippen LogP contribution in [0.25, 0.3) is 0 Å². The molecule has 0 amide bonds. The first-order valence-corrected chi connectivity index (χ1v) is 4.82. The Balaban J connectivity index is 2.27. The third-order valence-corrected chi connectivity index (χ3v) is 2.08. The lowest BCUT2D eigenvalue weighted by Gasteiger charge is -2.08. The molecule has 1 aromatic heterocycles. The summed E-state index contributed by atoms with van der Waals surface area (Å²) in [5, 5.41) is 0. The molecule has 0 fully saturated rings. The van der Waals surface area contributed by atoms with Crippen LogP contribution >= 0.6 is 0 Å². The van der Waals surface area contributed by atoms with Crippen LogP contribution in [0, 0.1) is 0 Å². The van der Waals surface area contributed by atoms with Crippen molar-refractivity contribution in [2.24, 2.45) is 5.73 Å². The molecule has 1 unspecified atom stereocenters. The maximum atomic E-state index is 5.89. The normalized spacial score (nSPS) is 12.8. The topological polar surface area (TPSA) is 51.8 Å². The first-order valence-electron chi connectivity index (χ1n) is 4.82. The minimum absolute atomic E-state index is 0.324. The Morgan fingerprint density at radius 3 is 2.62 bits per heavy atom. The molecule has 13 heavy (non-hydrogen) atoms. The highest BCUT2D eigenvalue weighted by atomic mass is 14.8. The van der Waals surface area contributed by atoms with Gasteiger partial charge in [0.25, 0.3) is 0 Å². The summed E-state index contributed by atoms with van der Waals surface area (Å²) >= 11 is 0. The summed E-state index contributed by atoms with van der Waals surface area (Å²) in [4.78, 5) is 7.91. The van der Waals surface area contributed by atoms with Gasteiger partial charge in [-0.25, -0.2) is 9.97 Å². The van der Waals surface area contributed by atoms with Crippen molar-refractivity contribution in [1.82, 2.24) is 9.97 Å². The van der Waals surface area contributed by atoms with E-state index in [-0.39, 0.29) is 0 Å². The van der Waals surface area contributed by atoms with Gasteiger partial charge in [-0.05, 0) is 24.8 Å². The van der Waals surface area contributed by atoms with E-state index in [9.17, 15) is 0 Å². The van der Waals surface area contributed by atoms with E-state index in [1.165, 1.54) is 5.56 Å². The predicted molar refractivity (Wildman–Crippen MR) is 53.2 cm³/mol. The second-order valence-corrected chi connectivity index (χ2v) is 3.33. The number of nitrogens with zero attached hydrogens (tertiary/aromatic N) is 2. The van der Waals surface area contributed by atoms with E-state index in [2.05, 4.69) is 16.9 Å². The highest BCUT2D eigenvalue weighted by Gasteiger charge is 2.01. The number of rotatable bonds is 5. The van der Waals surface area contributed by atoms with Gasteiger partial charge < -0.3 is 5.73 Å². The molecule has 2 N–H and O–H groups in total. The van der Waals surface area contributed by atoms with Crippen molar-refractivity contribution in [2.45, 2.75) is 38.6 Å². The number of hydrogen-bond acceptors (Lipinski definition) is 3. The summed E-state index contributed by atoms with van der Waals surface area (Å²) in [6.45, 7) is 2.16. The van der Waals surface area contributed by atoms with Gasteiger partial charge in [-0.1, -0.05) is 13.3 Å². The molecule has 0 saturated carbocycles. The molecule has 0 spiro atoms. The van der Waals surface area contributed by atoms with Gasteiger partial charge in [0.15, 0.2) is 0 Å². The lowest BCUT2D eigenvalue weighted by molar-refractivity contribution is 0.560. The molecule has 1 atom stereocenters. The van der Waals surface area contributed by atoms with Crippen molar-refractivity contribution in [2.75, 3.05) is 0 Å². The van der Waals surface area contributed by atoms with E-state index in [4.69, 9.17) is 5.73 Å². The highest BCUT2D eigenvalue weighted by Crippen LogP contribution is 2.04. The van der Waals surface area contributed by atoms with E-state index < -0.39 is 0 Å². The second-order valence-electron chi connectivity index (χ2n) is 3.33. The smallest absolute Gasteiger partial charge is 0.115 e. The van der Waals surface area contributed by atoms with Gasteiger partial charge in [-0.15, -0.1) is 0 Å². The largest absolute Gasteiger partial charge is 0.328 e. The van der Waals surface area contributed by atoms with Crippen molar-refractivity contribution in [3.05, 3.63) is 24.3 Å².